The highest BCUT2D eigenvalue weighted by molar-refractivity contribution is 7.98. The van der Waals surface area contributed by atoms with Crippen LogP contribution in [0.4, 0.5) is 5.82 Å². The highest BCUT2D eigenvalue weighted by Crippen LogP contribution is 2.32. The van der Waals surface area contributed by atoms with Gasteiger partial charge in [-0.05, 0) is 20.1 Å². The highest BCUT2D eigenvalue weighted by Gasteiger charge is 2.44. The van der Waals surface area contributed by atoms with E-state index in [0.717, 1.165) is 0 Å². The Balaban J connectivity index is 1.99. The van der Waals surface area contributed by atoms with E-state index in [4.69, 9.17) is 4.74 Å². The molecule has 0 spiro atoms. The maximum absolute atomic E-state index is 10.3. The molecule has 0 aliphatic carbocycles. The fourth-order valence-corrected chi connectivity index (χ4v) is 3.12. The molecule has 2 aromatic rings. The molecule has 26 heavy (non-hydrogen) atoms. The van der Waals surface area contributed by atoms with E-state index in [1.807, 2.05) is 26.2 Å². The van der Waals surface area contributed by atoms with E-state index in [1.54, 1.807) is 4.57 Å². The fraction of sp³-hybridized carbons (Fsp3) is 0.562. The minimum atomic E-state index is -1.20. The molecule has 1 saturated heterocycles. The number of aromatic nitrogens is 4. The number of nitrogens with one attached hydrogen (secondary N) is 1. The zero-order valence-electron chi connectivity index (χ0n) is 14.8. The first-order valence-electron chi connectivity index (χ1n) is 8.24. The van der Waals surface area contributed by atoms with Gasteiger partial charge in [-0.15, -0.1) is 0 Å². The molecule has 0 radical (unpaired) electrons. The summed E-state index contributed by atoms with van der Waals surface area (Å²) in [6.07, 6.45) is 1.28. The predicted octanol–water partition coefficient (Wildman–Crippen LogP) is 0.538. The molecule has 1 aliphatic rings. The van der Waals surface area contributed by atoms with E-state index in [9.17, 15) is 15.3 Å². The number of imidazole rings is 1. The van der Waals surface area contributed by atoms with Gasteiger partial charge in [0.2, 0.25) is 0 Å². The van der Waals surface area contributed by atoms with Crippen LogP contribution in [0.1, 0.15) is 20.1 Å². The fourth-order valence-electron chi connectivity index (χ4n) is 2.76. The smallest absolute Gasteiger partial charge is 0.191 e. The summed E-state index contributed by atoms with van der Waals surface area (Å²) in [5.41, 5.74) is 2.21. The number of hydrogen-bond acceptors (Lipinski definition) is 9. The van der Waals surface area contributed by atoms with Crippen molar-refractivity contribution < 1.29 is 20.1 Å². The van der Waals surface area contributed by atoms with Gasteiger partial charge in [-0.1, -0.05) is 23.4 Å². The van der Waals surface area contributed by atoms with Gasteiger partial charge in [0, 0.05) is 6.54 Å². The number of aliphatic hydroxyl groups is 3. The lowest BCUT2D eigenvalue weighted by molar-refractivity contribution is -0.0511. The molecule has 3 heterocycles. The Morgan fingerprint density at radius 1 is 1.35 bits per heavy atom. The number of thioether (sulfide) groups is 1. The van der Waals surface area contributed by atoms with Crippen molar-refractivity contribution in [1.29, 1.82) is 0 Å². The molecule has 142 valence electrons. The van der Waals surface area contributed by atoms with Crippen LogP contribution >= 0.6 is 11.8 Å². The Bertz CT molecular complexity index is 807. The van der Waals surface area contributed by atoms with Crippen LogP contribution in [0, 0.1) is 0 Å². The third-order valence-electron chi connectivity index (χ3n) is 4.15. The van der Waals surface area contributed by atoms with Gasteiger partial charge in [-0.2, -0.15) is 0 Å². The summed E-state index contributed by atoms with van der Waals surface area (Å²) in [6, 6.07) is 0. The topological polar surface area (TPSA) is 126 Å². The molecule has 0 saturated carbocycles. The van der Waals surface area contributed by atoms with Gasteiger partial charge in [0.1, 0.15) is 18.3 Å². The van der Waals surface area contributed by atoms with Gasteiger partial charge in [0.05, 0.1) is 12.9 Å². The lowest BCUT2D eigenvalue weighted by Crippen LogP contribution is -2.33. The highest BCUT2D eigenvalue weighted by atomic mass is 32.2. The van der Waals surface area contributed by atoms with Crippen molar-refractivity contribution in [3.63, 3.8) is 0 Å². The van der Waals surface area contributed by atoms with Gasteiger partial charge in [0.25, 0.3) is 0 Å². The molecule has 4 N–H and O–H groups in total. The van der Waals surface area contributed by atoms with Crippen molar-refractivity contribution in [1.82, 2.24) is 19.5 Å². The first-order chi connectivity index (χ1) is 12.5. The molecule has 0 aromatic carbocycles. The number of anilines is 1. The van der Waals surface area contributed by atoms with Gasteiger partial charge in [0.15, 0.2) is 28.4 Å². The average Bonchev–Trinajstić information content (AvgIpc) is 3.16. The zero-order valence-corrected chi connectivity index (χ0v) is 15.6. The second-order valence-corrected chi connectivity index (χ2v) is 7.05. The van der Waals surface area contributed by atoms with Crippen LogP contribution in [0.2, 0.25) is 0 Å². The van der Waals surface area contributed by atoms with Crippen LogP contribution in [0.5, 0.6) is 0 Å². The summed E-state index contributed by atoms with van der Waals surface area (Å²) in [7, 11) is 0. The van der Waals surface area contributed by atoms with Crippen molar-refractivity contribution in [3.8, 4) is 0 Å². The molecule has 0 amide bonds. The zero-order chi connectivity index (χ0) is 18.8. The van der Waals surface area contributed by atoms with Crippen LogP contribution in [-0.2, 0) is 4.74 Å². The monoisotopic (exact) mass is 381 g/mol. The summed E-state index contributed by atoms with van der Waals surface area (Å²) >= 11 is 1.39. The van der Waals surface area contributed by atoms with Crippen LogP contribution in [0.15, 0.2) is 23.1 Å². The third kappa shape index (κ3) is 3.55. The largest absolute Gasteiger partial charge is 0.394 e. The quantitative estimate of drug-likeness (QED) is 0.322. The number of fused-ring (bicyclic) bond motifs is 1. The minimum Gasteiger partial charge on any atom is -0.394 e. The molecule has 1 unspecified atom stereocenters. The van der Waals surface area contributed by atoms with Crippen LogP contribution in [0.3, 0.4) is 0 Å². The third-order valence-corrected chi connectivity index (χ3v) is 4.70. The van der Waals surface area contributed by atoms with E-state index >= 15 is 0 Å². The van der Waals surface area contributed by atoms with Gasteiger partial charge >= 0.3 is 0 Å². The molecule has 1 aliphatic heterocycles. The van der Waals surface area contributed by atoms with Gasteiger partial charge < -0.3 is 25.4 Å². The summed E-state index contributed by atoms with van der Waals surface area (Å²) < 4.78 is 7.15. The maximum Gasteiger partial charge on any atom is 0.191 e. The lowest BCUT2D eigenvalue weighted by Gasteiger charge is -2.17. The Hall–Kier alpha value is -1.72. The number of hydrogen-bond donors (Lipinski definition) is 4. The number of rotatable bonds is 6. The van der Waals surface area contributed by atoms with E-state index in [2.05, 4.69) is 20.3 Å². The van der Waals surface area contributed by atoms with Crippen LogP contribution < -0.4 is 5.32 Å². The number of nitrogens with zero attached hydrogens (tertiary/aromatic N) is 4. The summed E-state index contributed by atoms with van der Waals surface area (Å²) in [5.74, 6) is 0.586. The van der Waals surface area contributed by atoms with Crippen molar-refractivity contribution in [2.75, 3.05) is 24.7 Å². The molecule has 4 atom stereocenters. The van der Waals surface area contributed by atoms with Gasteiger partial charge in [-0.25, -0.2) is 15.0 Å². The second-order valence-electron chi connectivity index (χ2n) is 6.27. The maximum atomic E-state index is 10.3. The number of aliphatic hydroxyl groups excluding tert-OH is 3. The van der Waals surface area contributed by atoms with Crippen LogP contribution in [0.25, 0.3) is 11.2 Å². The van der Waals surface area contributed by atoms with Gasteiger partial charge in [-0.3, -0.25) is 4.57 Å². The van der Waals surface area contributed by atoms with Crippen molar-refractivity contribution in [2.45, 2.75) is 43.5 Å². The summed E-state index contributed by atoms with van der Waals surface area (Å²) in [6.45, 7) is 4.24. The molecular formula is C16H23N5O4S. The van der Waals surface area contributed by atoms with Crippen LogP contribution in [-0.4, -0.2) is 72.6 Å². The Morgan fingerprint density at radius 3 is 2.73 bits per heavy atom. The Morgan fingerprint density at radius 2 is 2.12 bits per heavy atom. The van der Waals surface area contributed by atoms with Crippen molar-refractivity contribution in [2.24, 2.45) is 0 Å². The minimum absolute atomic E-state index is 0.387. The molecule has 3 rings (SSSR count). The number of ether oxygens (including phenoxy) is 1. The first kappa shape index (κ1) is 19.1. The first-order valence-corrected chi connectivity index (χ1v) is 9.47. The number of allylic oxidation sites excluding steroid dienone is 1. The van der Waals surface area contributed by atoms with E-state index in [-0.39, 0.29) is 6.61 Å². The van der Waals surface area contributed by atoms with E-state index in [1.165, 1.54) is 23.7 Å². The normalized spacial score (nSPS) is 25.6. The molecule has 1 fully saturated rings. The average molecular weight is 381 g/mol. The summed E-state index contributed by atoms with van der Waals surface area (Å²) in [5, 5.41) is 33.3. The van der Waals surface area contributed by atoms with Crippen molar-refractivity contribution >= 4 is 28.7 Å². The van der Waals surface area contributed by atoms with E-state index in [0.29, 0.717) is 28.7 Å². The Kier molecular flexibility index (Phi) is 5.78. The second kappa shape index (κ2) is 7.89. The van der Waals surface area contributed by atoms with Crippen molar-refractivity contribution in [3.05, 3.63) is 18.0 Å². The lowest BCUT2D eigenvalue weighted by atomic mass is 10.1. The molecule has 9 nitrogen and oxygen atoms in total. The van der Waals surface area contributed by atoms with E-state index < -0.39 is 24.5 Å². The molecule has 2 aromatic heterocycles. The SMILES string of the molecule is CSc1nc(NCC=C(C)C)c2ncn([C@@H]3O[C@H](CO)C(O)[C@@H]3O)c2n1. The predicted molar refractivity (Wildman–Crippen MR) is 98.0 cm³/mol. The Labute approximate surface area is 155 Å². The summed E-state index contributed by atoms with van der Waals surface area (Å²) in [4.78, 5) is 13.3. The molecule has 10 heteroatoms. The standard InChI is InChI=1S/C16H23N5O4S/c1-8(2)4-5-17-13-10-14(20-16(19-13)26-3)21(7-18-10)15-12(24)11(23)9(6-22)25-15/h4,7,9,11-12,15,22-24H,5-6H2,1-3H3,(H,17,19,20)/t9-,11?,12+,15-/m1/s1. The molecule has 0 bridgehead atoms. The molecular weight excluding hydrogens is 358 g/mol.